The molecule has 5 nitrogen and oxygen atoms in total. The van der Waals surface area contributed by atoms with Crippen LogP contribution in [0.1, 0.15) is 42.6 Å². The van der Waals surface area contributed by atoms with Gasteiger partial charge in [-0.2, -0.15) is 0 Å². The molecule has 23 heavy (non-hydrogen) atoms. The van der Waals surface area contributed by atoms with E-state index in [0.717, 1.165) is 23.3 Å². The second-order valence-electron chi connectivity index (χ2n) is 5.69. The number of para-hydroxylation sites is 2. The van der Waals surface area contributed by atoms with Crippen molar-refractivity contribution in [1.82, 2.24) is 20.3 Å². The molecule has 2 heterocycles. The van der Waals surface area contributed by atoms with Gasteiger partial charge in [-0.1, -0.05) is 38.5 Å². The molecule has 2 unspecified atom stereocenters. The maximum absolute atomic E-state index is 12.4. The molecule has 2 N–H and O–H groups in total. The number of H-pyrrole nitrogens is 1. The monoisotopic (exact) mass is 308 g/mol. The molecule has 0 aliphatic carbocycles. The largest absolute Gasteiger partial charge is 0.340 e. The van der Waals surface area contributed by atoms with Crippen molar-refractivity contribution in [2.75, 3.05) is 0 Å². The van der Waals surface area contributed by atoms with Gasteiger partial charge < -0.3 is 10.3 Å². The van der Waals surface area contributed by atoms with Gasteiger partial charge >= 0.3 is 0 Å². The highest BCUT2D eigenvalue weighted by Crippen LogP contribution is 2.24. The van der Waals surface area contributed by atoms with Gasteiger partial charge in [-0.25, -0.2) is 4.98 Å². The maximum Gasteiger partial charge on any atom is 0.270 e. The SMILES string of the molecule is CCC(C)C(NC(=O)c1ccccn1)c1nc2ccccc2[nH]1. The minimum absolute atomic E-state index is 0.179. The number of rotatable bonds is 5. The van der Waals surface area contributed by atoms with Crippen molar-refractivity contribution in [2.45, 2.75) is 26.3 Å². The lowest BCUT2D eigenvalue weighted by Crippen LogP contribution is -2.33. The zero-order valence-electron chi connectivity index (χ0n) is 13.3. The molecule has 0 aliphatic heterocycles. The maximum atomic E-state index is 12.4. The Balaban J connectivity index is 1.90. The first-order chi connectivity index (χ1) is 11.2. The van der Waals surface area contributed by atoms with Gasteiger partial charge in [0, 0.05) is 6.20 Å². The van der Waals surface area contributed by atoms with Crippen LogP contribution in [0.5, 0.6) is 0 Å². The molecular formula is C18H20N4O. The summed E-state index contributed by atoms with van der Waals surface area (Å²) in [6.07, 6.45) is 2.55. The number of imidazole rings is 1. The number of benzene rings is 1. The smallest absolute Gasteiger partial charge is 0.270 e. The molecule has 3 aromatic rings. The van der Waals surface area contributed by atoms with Gasteiger partial charge in [-0.05, 0) is 30.2 Å². The predicted octanol–water partition coefficient (Wildman–Crippen LogP) is 3.48. The molecular weight excluding hydrogens is 288 g/mol. The van der Waals surface area contributed by atoms with Crippen LogP contribution >= 0.6 is 0 Å². The highest BCUT2D eigenvalue weighted by Gasteiger charge is 2.24. The summed E-state index contributed by atoms with van der Waals surface area (Å²) in [5.74, 6) is 0.851. The molecule has 118 valence electrons. The average molecular weight is 308 g/mol. The van der Waals surface area contributed by atoms with Crippen molar-refractivity contribution in [3.63, 3.8) is 0 Å². The van der Waals surface area contributed by atoms with Gasteiger partial charge in [-0.15, -0.1) is 0 Å². The molecule has 0 aliphatic rings. The van der Waals surface area contributed by atoms with E-state index in [9.17, 15) is 4.79 Å². The van der Waals surface area contributed by atoms with Gasteiger partial charge in [-0.3, -0.25) is 9.78 Å². The number of fused-ring (bicyclic) bond motifs is 1. The summed E-state index contributed by atoms with van der Waals surface area (Å²) < 4.78 is 0. The Labute approximate surface area is 135 Å². The van der Waals surface area contributed by atoms with E-state index >= 15 is 0 Å². The lowest BCUT2D eigenvalue weighted by molar-refractivity contribution is 0.0915. The van der Waals surface area contributed by atoms with Gasteiger partial charge in [0.15, 0.2) is 0 Å². The molecule has 0 saturated heterocycles. The van der Waals surface area contributed by atoms with Gasteiger partial charge in [0.2, 0.25) is 0 Å². The van der Waals surface area contributed by atoms with E-state index in [1.807, 2.05) is 24.3 Å². The third-order valence-electron chi connectivity index (χ3n) is 4.10. The standard InChI is InChI=1S/C18H20N4O/c1-3-12(2)16(22-18(23)15-10-6-7-11-19-15)17-20-13-8-4-5-9-14(13)21-17/h4-12,16H,3H2,1-2H3,(H,20,21)(H,22,23). The summed E-state index contributed by atoms with van der Waals surface area (Å²) in [6, 6.07) is 13.0. The summed E-state index contributed by atoms with van der Waals surface area (Å²) in [5.41, 5.74) is 2.29. The van der Waals surface area contributed by atoms with E-state index in [1.54, 1.807) is 24.4 Å². The number of nitrogens with zero attached hydrogens (tertiary/aromatic N) is 2. The van der Waals surface area contributed by atoms with Crippen LogP contribution in [-0.4, -0.2) is 20.9 Å². The van der Waals surface area contributed by atoms with E-state index < -0.39 is 0 Å². The predicted molar refractivity (Wildman–Crippen MR) is 90.0 cm³/mol. The summed E-state index contributed by atoms with van der Waals surface area (Å²) in [5, 5.41) is 3.07. The number of pyridine rings is 1. The Morgan fingerprint density at radius 2 is 2.00 bits per heavy atom. The van der Waals surface area contributed by atoms with E-state index in [0.29, 0.717) is 5.69 Å². The fourth-order valence-corrected chi connectivity index (χ4v) is 2.55. The Hall–Kier alpha value is -2.69. The van der Waals surface area contributed by atoms with Gasteiger partial charge in [0.1, 0.15) is 11.5 Å². The van der Waals surface area contributed by atoms with Crippen LogP contribution in [0, 0.1) is 5.92 Å². The van der Waals surface area contributed by atoms with E-state index in [2.05, 4.69) is 34.1 Å². The minimum Gasteiger partial charge on any atom is -0.340 e. The van der Waals surface area contributed by atoms with Crippen LogP contribution in [0.25, 0.3) is 11.0 Å². The van der Waals surface area contributed by atoms with Crippen molar-refractivity contribution in [2.24, 2.45) is 5.92 Å². The molecule has 0 saturated carbocycles. The highest BCUT2D eigenvalue weighted by molar-refractivity contribution is 5.92. The average Bonchev–Trinajstić information content (AvgIpc) is 3.03. The molecule has 0 fully saturated rings. The fourth-order valence-electron chi connectivity index (χ4n) is 2.55. The molecule has 0 spiro atoms. The molecule has 0 radical (unpaired) electrons. The van der Waals surface area contributed by atoms with Gasteiger partial charge in [0.25, 0.3) is 5.91 Å². The number of carbonyl (C=O) groups excluding carboxylic acids is 1. The Bertz CT molecular complexity index is 764. The van der Waals surface area contributed by atoms with Crippen molar-refractivity contribution in [1.29, 1.82) is 0 Å². The van der Waals surface area contributed by atoms with Crippen LogP contribution in [0.4, 0.5) is 0 Å². The highest BCUT2D eigenvalue weighted by atomic mass is 16.1. The fraction of sp³-hybridized carbons (Fsp3) is 0.278. The second-order valence-corrected chi connectivity index (χ2v) is 5.69. The van der Waals surface area contributed by atoms with Gasteiger partial charge in [0.05, 0.1) is 17.1 Å². The summed E-state index contributed by atoms with van der Waals surface area (Å²) in [6.45, 7) is 4.21. The molecule has 2 aromatic heterocycles. The van der Waals surface area contributed by atoms with E-state index in [4.69, 9.17) is 0 Å². The number of aromatic amines is 1. The first kappa shape index (κ1) is 15.2. The minimum atomic E-state index is -0.184. The molecule has 1 aromatic carbocycles. The van der Waals surface area contributed by atoms with Crippen LogP contribution < -0.4 is 5.32 Å². The van der Waals surface area contributed by atoms with Crippen LogP contribution in [0.15, 0.2) is 48.7 Å². The number of aromatic nitrogens is 3. The van der Waals surface area contributed by atoms with Crippen molar-refractivity contribution >= 4 is 16.9 Å². The number of hydrogen-bond acceptors (Lipinski definition) is 3. The first-order valence-corrected chi connectivity index (χ1v) is 7.85. The Morgan fingerprint density at radius 1 is 1.22 bits per heavy atom. The van der Waals surface area contributed by atoms with Crippen molar-refractivity contribution in [3.8, 4) is 0 Å². The summed E-state index contributed by atoms with van der Waals surface area (Å²) in [4.78, 5) is 24.5. The topological polar surface area (TPSA) is 70.7 Å². The van der Waals surface area contributed by atoms with E-state index in [1.165, 1.54) is 0 Å². The number of carbonyl (C=O) groups is 1. The Morgan fingerprint density at radius 3 is 2.70 bits per heavy atom. The van der Waals surface area contributed by atoms with Crippen molar-refractivity contribution in [3.05, 3.63) is 60.2 Å². The number of nitrogens with one attached hydrogen (secondary N) is 2. The normalized spacial score (nSPS) is 13.7. The lowest BCUT2D eigenvalue weighted by Gasteiger charge is -2.22. The van der Waals surface area contributed by atoms with Crippen LogP contribution in [0.3, 0.4) is 0 Å². The third-order valence-corrected chi connectivity index (χ3v) is 4.10. The third kappa shape index (κ3) is 3.23. The number of hydrogen-bond donors (Lipinski definition) is 2. The second kappa shape index (κ2) is 6.60. The number of amides is 1. The zero-order chi connectivity index (χ0) is 16.2. The van der Waals surface area contributed by atoms with Crippen molar-refractivity contribution < 1.29 is 4.79 Å². The van der Waals surface area contributed by atoms with Crippen LogP contribution in [0.2, 0.25) is 0 Å². The van der Waals surface area contributed by atoms with Crippen LogP contribution in [-0.2, 0) is 0 Å². The lowest BCUT2D eigenvalue weighted by atomic mass is 9.98. The zero-order valence-corrected chi connectivity index (χ0v) is 13.3. The molecule has 5 heteroatoms. The first-order valence-electron chi connectivity index (χ1n) is 7.85. The Kier molecular flexibility index (Phi) is 4.37. The molecule has 1 amide bonds. The summed E-state index contributed by atoms with van der Waals surface area (Å²) >= 11 is 0. The quantitative estimate of drug-likeness (QED) is 0.758. The summed E-state index contributed by atoms with van der Waals surface area (Å²) in [7, 11) is 0. The molecule has 0 bridgehead atoms. The van der Waals surface area contributed by atoms with E-state index in [-0.39, 0.29) is 17.9 Å². The molecule has 3 rings (SSSR count). The molecule has 2 atom stereocenters.